The zero-order chi connectivity index (χ0) is 20.9. The zero-order valence-electron chi connectivity index (χ0n) is 17.6. The normalized spacial score (nSPS) is 15.4. The largest absolute Gasteiger partial charge is 0.497 e. The van der Waals surface area contributed by atoms with E-state index in [0.29, 0.717) is 23.8 Å². The number of guanidine groups is 1. The Hall–Kier alpha value is -2.09. The van der Waals surface area contributed by atoms with Crippen LogP contribution in [0.25, 0.3) is 0 Å². The summed E-state index contributed by atoms with van der Waals surface area (Å²) in [6.45, 7) is 1.93. The van der Waals surface area contributed by atoms with Gasteiger partial charge in [0.1, 0.15) is 11.5 Å². The van der Waals surface area contributed by atoms with Crippen LogP contribution in [0.1, 0.15) is 44.1 Å². The van der Waals surface area contributed by atoms with E-state index in [0.717, 1.165) is 13.0 Å². The maximum absolute atomic E-state index is 12.6. The van der Waals surface area contributed by atoms with Crippen molar-refractivity contribution in [2.24, 2.45) is 4.99 Å². The van der Waals surface area contributed by atoms with Crippen molar-refractivity contribution in [2.75, 3.05) is 40.3 Å². The minimum absolute atomic E-state index is 0.126. The Morgan fingerprint density at radius 2 is 1.93 bits per heavy atom. The van der Waals surface area contributed by atoms with Gasteiger partial charge in [-0.25, -0.2) is 0 Å². The van der Waals surface area contributed by atoms with Gasteiger partial charge in [-0.3, -0.25) is 4.99 Å². The highest BCUT2D eigenvalue weighted by molar-refractivity contribution is 5.79. The average molecular weight is 413 g/mol. The molecule has 164 valence electrons. The molecule has 0 aromatic heterocycles. The van der Waals surface area contributed by atoms with Crippen LogP contribution in [0, 0.1) is 0 Å². The van der Waals surface area contributed by atoms with Crippen LogP contribution in [0.3, 0.4) is 0 Å². The number of ether oxygens (including phenoxy) is 2. The highest BCUT2D eigenvalue weighted by Gasteiger charge is 2.12. The minimum Gasteiger partial charge on any atom is -0.497 e. The predicted molar refractivity (Wildman–Crippen MR) is 112 cm³/mol. The average Bonchev–Trinajstić information content (AvgIpc) is 2.74. The number of unbranched alkanes of at least 4 members (excludes halogenated alkanes) is 2. The van der Waals surface area contributed by atoms with Crippen LogP contribution in [0.4, 0.5) is 8.78 Å². The molecule has 1 fully saturated rings. The molecule has 1 aliphatic rings. The van der Waals surface area contributed by atoms with Crippen molar-refractivity contribution >= 4 is 5.96 Å². The number of alkyl halides is 2. The van der Waals surface area contributed by atoms with E-state index in [-0.39, 0.29) is 5.75 Å². The number of benzene rings is 1. The molecule has 1 aromatic rings. The summed E-state index contributed by atoms with van der Waals surface area (Å²) < 4.78 is 35.0. The van der Waals surface area contributed by atoms with E-state index in [1.165, 1.54) is 64.9 Å². The fraction of sp³-hybridized carbons (Fsp3) is 0.667. The van der Waals surface area contributed by atoms with Gasteiger partial charge in [0.2, 0.25) is 0 Å². The minimum atomic E-state index is -2.87. The fourth-order valence-electron chi connectivity index (χ4n) is 3.46. The lowest BCUT2D eigenvalue weighted by Crippen LogP contribution is -2.37. The number of hydrogen-bond acceptors (Lipinski definition) is 4. The lowest BCUT2D eigenvalue weighted by atomic mass is 10.1. The monoisotopic (exact) mass is 412 g/mol. The summed E-state index contributed by atoms with van der Waals surface area (Å²) in [5, 5.41) is 6.42. The fourth-order valence-corrected chi connectivity index (χ4v) is 3.46. The molecule has 1 saturated heterocycles. The first-order valence-electron chi connectivity index (χ1n) is 10.4. The first-order chi connectivity index (χ1) is 14.1. The number of hydrogen-bond donors (Lipinski definition) is 2. The molecule has 1 aromatic carbocycles. The van der Waals surface area contributed by atoms with Gasteiger partial charge < -0.3 is 25.0 Å². The van der Waals surface area contributed by atoms with E-state index in [2.05, 4.69) is 25.3 Å². The topological polar surface area (TPSA) is 58.1 Å². The molecule has 8 heteroatoms. The Balaban J connectivity index is 1.70. The van der Waals surface area contributed by atoms with E-state index in [9.17, 15) is 8.78 Å². The van der Waals surface area contributed by atoms with Gasteiger partial charge >= 0.3 is 6.61 Å². The number of rotatable bonds is 11. The second kappa shape index (κ2) is 13.2. The van der Waals surface area contributed by atoms with Crippen molar-refractivity contribution in [1.29, 1.82) is 0 Å². The number of aliphatic imine (C=N–C) groups is 1. The molecular formula is C21H34F2N4O2. The highest BCUT2D eigenvalue weighted by Crippen LogP contribution is 2.25. The van der Waals surface area contributed by atoms with Crippen LogP contribution < -0.4 is 20.1 Å². The molecule has 0 atom stereocenters. The summed E-state index contributed by atoms with van der Waals surface area (Å²) in [7, 11) is 3.22. The lowest BCUT2D eigenvalue weighted by Gasteiger charge is -2.26. The van der Waals surface area contributed by atoms with Crippen LogP contribution in [0.2, 0.25) is 0 Å². The number of nitrogens with zero attached hydrogens (tertiary/aromatic N) is 2. The third kappa shape index (κ3) is 8.85. The maximum atomic E-state index is 12.6. The third-order valence-electron chi connectivity index (χ3n) is 5.05. The molecule has 0 bridgehead atoms. The number of halogens is 2. The molecule has 0 aliphatic carbocycles. The van der Waals surface area contributed by atoms with E-state index in [4.69, 9.17) is 4.74 Å². The van der Waals surface area contributed by atoms with Crippen molar-refractivity contribution < 1.29 is 18.3 Å². The van der Waals surface area contributed by atoms with Crippen LogP contribution in [0.15, 0.2) is 23.2 Å². The molecule has 0 saturated carbocycles. The molecule has 1 aliphatic heterocycles. The van der Waals surface area contributed by atoms with E-state index in [1.807, 2.05) is 0 Å². The van der Waals surface area contributed by atoms with Gasteiger partial charge in [-0.05, 0) is 63.5 Å². The van der Waals surface area contributed by atoms with Gasteiger partial charge in [-0.15, -0.1) is 0 Å². The Bertz CT molecular complexity index is 623. The third-order valence-corrected chi connectivity index (χ3v) is 5.05. The van der Waals surface area contributed by atoms with Crippen molar-refractivity contribution in [3.05, 3.63) is 23.8 Å². The number of methoxy groups -OCH3 is 1. The SMILES string of the molecule is CN=C(NCCCCCN1CCCCC1)NCc1cc(OC)ccc1OC(F)F. The predicted octanol–water partition coefficient (Wildman–Crippen LogP) is 3.62. The molecule has 0 amide bonds. The van der Waals surface area contributed by atoms with Gasteiger partial charge in [-0.1, -0.05) is 12.8 Å². The Morgan fingerprint density at radius 1 is 1.14 bits per heavy atom. The van der Waals surface area contributed by atoms with Crippen LogP contribution in [-0.2, 0) is 6.54 Å². The van der Waals surface area contributed by atoms with Gasteiger partial charge in [0, 0.05) is 25.7 Å². The Kier molecular flexibility index (Phi) is 10.5. The summed E-state index contributed by atoms with van der Waals surface area (Å²) in [6, 6.07) is 4.76. The van der Waals surface area contributed by atoms with Gasteiger partial charge in [0.05, 0.1) is 7.11 Å². The summed E-state index contributed by atoms with van der Waals surface area (Å²) in [6.07, 6.45) is 7.49. The van der Waals surface area contributed by atoms with Crippen LogP contribution in [0.5, 0.6) is 11.5 Å². The van der Waals surface area contributed by atoms with Gasteiger partial charge in [-0.2, -0.15) is 8.78 Å². The van der Waals surface area contributed by atoms with E-state index < -0.39 is 6.61 Å². The smallest absolute Gasteiger partial charge is 0.387 e. The second-order valence-corrected chi connectivity index (χ2v) is 7.17. The van der Waals surface area contributed by atoms with Gasteiger partial charge in [0.25, 0.3) is 0 Å². The van der Waals surface area contributed by atoms with E-state index >= 15 is 0 Å². The Morgan fingerprint density at radius 3 is 2.62 bits per heavy atom. The molecule has 6 nitrogen and oxygen atoms in total. The zero-order valence-corrected chi connectivity index (χ0v) is 17.6. The molecule has 0 spiro atoms. The summed E-state index contributed by atoms with van der Waals surface area (Å²) in [5.74, 6) is 1.34. The van der Waals surface area contributed by atoms with E-state index in [1.54, 1.807) is 19.2 Å². The molecular weight excluding hydrogens is 378 g/mol. The Labute approximate surface area is 172 Å². The number of piperidine rings is 1. The van der Waals surface area contributed by atoms with Crippen molar-refractivity contribution in [3.8, 4) is 11.5 Å². The number of likely N-dealkylation sites (tertiary alicyclic amines) is 1. The van der Waals surface area contributed by atoms with Crippen molar-refractivity contribution in [1.82, 2.24) is 15.5 Å². The number of nitrogens with one attached hydrogen (secondary N) is 2. The molecule has 0 unspecified atom stereocenters. The van der Waals surface area contributed by atoms with Crippen molar-refractivity contribution in [3.63, 3.8) is 0 Å². The second-order valence-electron chi connectivity index (χ2n) is 7.17. The standard InChI is InChI=1S/C21H34F2N4O2/c1-24-21(25-11-5-3-6-12-27-13-7-4-8-14-27)26-16-17-15-18(28-2)9-10-19(17)29-20(22)23/h9-10,15,20H,3-8,11-14,16H2,1-2H3,(H2,24,25,26). The summed E-state index contributed by atoms with van der Waals surface area (Å²) in [5.41, 5.74) is 0.578. The molecule has 2 N–H and O–H groups in total. The molecule has 29 heavy (non-hydrogen) atoms. The summed E-state index contributed by atoms with van der Waals surface area (Å²) in [4.78, 5) is 6.75. The first-order valence-corrected chi connectivity index (χ1v) is 10.4. The molecule has 1 heterocycles. The van der Waals surface area contributed by atoms with Crippen molar-refractivity contribution in [2.45, 2.75) is 51.7 Å². The highest BCUT2D eigenvalue weighted by atomic mass is 19.3. The quantitative estimate of drug-likeness (QED) is 0.330. The first kappa shape index (κ1) is 23.2. The maximum Gasteiger partial charge on any atom is 0.387 e. The molecule has 0 radical (unpaired) electrons. The lowest BCUT2D eigenvalue weighted by molar-refractivity contribution is -0.0504. The van der Waals surface area contributed by atoms with Crippen LogP contribution in [-0.4, -0.2) is 57.8 Å². The van der Waals surface area contributed by atoms with Gasteiger partial charge in [0.15, 0.2) is 5.96 Å². The molecule has 2 rings (SSSR count). The summed E-state index contributed by atoms with van der Waals surface area (Å²) >= 11 is 0. The van der Waals surface area contributed by atoms with Crippen LogP contribution >= 0.6 is 0 Å².